The van der Waals surface area contributed by atoms with Crippen molar-refractivity contribution in [3.05, 3.63) is 33.7 Å². The first-order chi connectivity index (χ1) is 10.2. The molecule has 0 radical (unpaired) electrons. The smallest absolute Gasteiger partial charge is 0.283 e. The molecular formula is C15H23BrN4O. The number of hydrogen-bond acceptors (Lipinski definition) is 4. The van der Waals surface area contributed by atoms with Crippen LogP contribution in [0.15, 0.2) is 28.1 Å². The molecule has 1 aliphatic heterocycles. The molecule has 0 aromatic carbocycles. The van der Waals surface area contributed by atoms with E-state index in [0.717, 1.165) is 31.9 Å². The second-order valence-corrected chi connectivity index (χ2v) is 6.16. The molecule has 1 aliphatic rings. The van der Waals surface area contributed by atoms with E-state index >= 15 is 0 Å². The van der Waals surface area contributed by atoms with Crippen LogP contribution in [0.2, 0.25) is 0 Å². The Morgan fingerprint density at radius 2 is 2.48 bits per heavy atom. The van der Waals surface area contributed by atoms with Crippen LogP contribution >= 0.6 is 15.9 Å². The molecule has 2 rings (SSSR count). The quantitative estimate of drug-likeness (QED) is 0.794. The van der Waals surface area contributed by atoms with E-state index in [1.807, 2.05) is 0 Å². The summed E-state index contributed by atoms with van der Waals surface area (Å²) in [4.78, 5) is 14.5. The van der Waals surface area contributed by atoms with Crippen LogP contribution in [0.4, 0.5) is 5.69 Å². The van der Waals surface area contributed by atoms with Gasteiger partial charge in [0, 0.05) is 13.1 Å². The summed E-state index contributed by atoms with van der Waals surface area (Å²) in [6.45, 7) is 10.2. The summed E-state index contributed by atoms with van der Waals surface area (Å²) in [6.07, 6.45) is 5.91. The zero-order valence-electron chi connectivity index (χ0n) is 12.5. The topological polar surface area (TPSA) is 50.2 Å². The minimum atomic E-state index is -0.104. The van der Waals surface area contributed by atoms with Crippen molar-refractivity contribution in [3.8, 4) is 0 Å². The maximum absolute atomic E-state index is 12.3. The molecule has 1 saturated heterocycles. The number of nitrogens with zero attached hydrogens (tertiary/aromatic N) is 3. The van der Waals surface area contributed by atoms with Gasteiger partial charge in [-0.3, -0.25) is 4.79 Å². The summed E-state index contributed by atoms with van der Waals surface area (Å²) < 4.78 is 2.00. The minimum Gasteiger partial charge on any atom is -0.369 e. The van der Waals surface area contributed by atoms with Crippen molar-refractivity contribution in [2.45, 2.75) is 26.3 Å². The van der Waals surface area contributed by atoms with Gasteiger partial charge in [0.2, 0.25) is 0 Å². The Balaban J connectivity index is 2.19. The van der Waals surface area contributed by atoms with Gasteiger partial charge in [0.1, 0.15) is 4.47 Å². The van der Waals surface area contributed by atoms with Crippen LogP contribution in [0.1, 0.15) is 19.8 Å². The second kappa shape index (κ2) is 7.75. The molecule has 1 N–H and O–H groups in total. The van der Waals surface area contributed by atoms with E-state index in [1.54, 1.807) is 12.3 Å². The van der Waals surface area contributed by atoms with Gasteiger partial charge < -0.3 is 10.2 Å². The van der Waals surface area contributed by atoms with Crippen LogP contribution in [0.5, 0.6) is 0 Å². The van der Waals surface area contributed by atoms with Gasteiger partial charge in [-0.05, 0) is 54.7 Å². The molecule has 0 aliphatic carbocycles. The Morgan fingerprint density at radius 3 is 3.10 bits per heavy atom. The zero-order valence-corrected chi connectivity index (χ0v) is 14.1. The summed E-state index contributed by atoms with van der Waals surface area (Å²) in [5.74, 6) is 0.626. The van der Waals surface area contributed by atoms with E-state index in [2.05, 4.69) is 44.7 Å². The fraction of sp³-hybridized carbons (Fsp3) is 0.600. The molecule has 2 heterocycles. The standard InChI is InChI=1S/C15H23BrN4O/c1-3-8-20-15(21)14(16)13(10-18-20)19(4-2)11-12-6-5-7-17-9-12/h3,10,12,17H,1,4-9,11H2,2H3. The van der Waals surface area contributed by atoms with Gasteiger partial charge in [-0.2, -0.15) is 5.10 Å². The maximum Gasteiger partial charge on any atom is 0.283 e. The molecule has 5 nitrogen and oxygen atoms in total. The normalized spacial score (nSPS) is 18.5. The first-order valence-electron chi connectivity index (χ1n) is 7.49. The summed E-state index contributed by atoms with van der Waals surface area (Å²) in [7, 11) is 0. The molecule has 1 fully saturated rings. The number of rotatable bonds is 6. The lowest BCUT2D eigenvalue weighted by Crippen LogP contribution is -2.39. The highest BCUT2D eigenvalue weighted by Gasteiger charge is 2.19. The van der Waals surface area contributed by atoms with Gasteiger partial charge >= 0.3 is 0 Å². The molecule has 21 heavy (non-hydrogen) atoms. The second-order valence-electron chi connectivity index (χ2n) is 5.37. The number of hydrogen-bond donors (Lipinski definition) is 1. The SMILES string of the molecule is C=CCn1ncc(N(CC)CC2CCCNC2)c(Br)c1=O. The number of nitrogens with one attached hydrogen (secondary N) is 1. The van der Waals surface area contributed by atoms with Crippen molar-refractivity contribution in [2.24, 2.45) is 5.92 Å². The largest absolute Gasteiger partial charge is 0.369 e. The van der Waals surface area contributed by atoms with Crippen LogP contribution in [-0.2, 0) is 6.54 Å². The van der Waals surface area contributed by atoms with Crippen LogP contribution in [0.3, 0.4) is 0 Å². The molecule has 1 aromatic heterocycles. The van der Waals surface area contributed by atoms with Crippen molar-refractivity contribution >= 4 is 21.6 Å². The summed E-state index contributed by atoms with van der Waals surface area (Å²) in [5, 5.41) is 7.67. The predicted molar refractivity (Wildman–Crippen MR) is 89.9 cm³/mol. The first kappa shape index (κ1) is 16.2. The highest BCUT2D eigenvalue weighted by atomic mass is 79.9. The molecule has 1 aromatic rings. The highest BCUT2D eigenvalue weighted by Crippen LogP contribution is 2.23. The molecule has 0 amide bonds. The zero-order chi connectivity index (χ0) is 15.2. The third-order valence-electron chi connectivity index (χ3n) is 3.87. The van der Waals surface area contributed by atoms with Crippen molar-refractivity contribution in [1.29, 1.82) is 0 Å². The molecule has 1 atom stereocenters. The van der Waals surface area contributed by atoms with E-state index in [4.69, 9.17) is 0 Å². The summed E-state index contributed by atoms with van der Waals surface area (Å²) >= 11 is 3.44. The number of piperidine rings is 1. The third-order valence-corrected chi connectivity index (χ3v) is 4.61. The summed E-state index contributed by atoms with van der Waals surface area (Å²) in [6, 6.07) is 0. The van der Waals surface area contributed by atoms with Crippen LogP contribution in [0.25, 0.3) is 0 Å². The van der Waals surface area contributed by atoms with Crippen molar-refractivity contribution < 1.29 is 0 Å². The Hall–Kier alpha value is -1.14. The lowest BCUT2D eigenvalue weighted by atomic mass is 9.99. The van der Waals surface area contributed by atoms with E-state index in [9.17, 15) is 4.79 Å². The van der Waals surface area contributed by atoms with Crippen molar-refractivity contribution in [3.63, 3.8) is 0 Å². The fourth-order valence-electron chi connectivity index (χ4n) is 2.72. The van der Waals surface area contributed by atoms with Gasteiger partial charge in [0.05, 0.1) is 18.4 Å². The number of aromatic nitrogens is 2. The average molecular weight is 355 g/mol. The van der Waals surface area contributed by atoms with Gasteiger partial charge in [0.25, 0.3) is 5.56 Å². The molecular weight excluding hydrogens is 332 g/mol. The van der Waals surface area contributed by atoms with Crippen LogP contribution in [-0.4, -0.2) is 36.0 Å². The van der Waals surface area contributed by atoms with Crippen molar-refractivity contribution in [1.82, 2.24) is 15.1 Å². The first-order valence-corrected chi connectivity index (χ1v) is 8.28. The lowest BCUT2D eigenvalue weighted by molar-refractivity contribution is 0.377. The van der Waals surface area contributed by atoms with Gasteiger partial charge in [-0.25, -0.2) is 4.68 Å². The molecule has 0 bridgehead atoms. The van der Waals surface area contributed by atoms with Gasteiger partial charge in [-0.15, -0.1) is 6.58 Å². The van der Waals surface area contributed by atoms with E-state index in [0.29, 0.717) is 16.9 Å². The Bertz CT molecular complexity index is 537. The monoisotopic (exact) mass is 354 g/mol. The Labute approximate surface area is 134 Å². The minimum absolute atomic E-state index is 0.104. The van der Waals surface area contributed by atoms with E-state index < -0.39 is 0 Å². The number of allylic oxidation sites excluding steroid dienone is 1. The van der Waals surface area contributed by atoms with Gasteiger partial charge in [0.15, 0.2) is 0 Å². The van der Waals surface area contributed by atoms with Crippen LogP contribution < -0.4 is 15.8 Å². The number of anilines is 1. The van der Waals surface area contributed by atoms with E-state index in [-0.39, 0.29) is 5.56 Å². The average Bonchev–Trinajstić information content (AvgIpc) is 2.51. The van der Waals surface area contributed by atoms with Gasteiger partial charge in [-0.1, -0.05) is 6.08 Å². The summed E-state index contributed by atoms with van der Waals surface area (Å²) in [5.41, 5.74) is 0.779. The lowest BCUT2D eigenvalue weighted by Gasteiger charge is -2.31. The molecule has 1 unspecified atom stereocenters. The predicted octanol–water partition coefficient (Wildman–Crippen LogP) is 2.02. The third kappa shape index (κ3) is 3.95. The van der Waals surface area contributed by atoms with Crippen LogP contribution in [0, 0.1) is 5.92 Å². The molecule has 116 valence electrons. The Morgan fingerprint density at radius 1 is 1.67 bits per heavy atom. The maximum atomic E-state index is 12.3. The fourth-order valence-corrected chi connectivity index (χ4v) is 3.28. The molecule has 0 saturated carbocycles. The molecule has 0 spiro atoms. The van der Waals surface area contributed by atoms with E-state index in [1.165, 1.54) is 17.5 Å². The van der Waals surface area contributed by atoms with Crippen molar-refractivity contribution in [2.75, 3.05) is 31.1 Å². The highest BCUT2D eigenvalue weighted by molar-refractivity contribution is 9.10. The molecule has 6 heteroatoms. The Kier molecular flexibility index (Phi) is 5.99. The number of halogens is 1.